The van der Waals surface area contributed by atoms with Crippen molar-refractivity contribution in [1.29, 1.82) is 0 Å². The molecule has 0 rings (SSSR count). The van der Waals surface area contributed by atoms with Gasteiger partial charge in [0.1, 0.15) is 0 Å². The highest BCUT2D eigenvalue weighted by Crippen LogP contribution is 2.05. The lowest BCUT2D eigenvalue weighted by Gasteiger charge is -2.25. The van der Waals surface area contributed by atoms with Gasteiger partial charge < -0.3 is 19.9 Å². The first-order valence-corrected chi connectivity index (χ1v) is 5.57. The van der Waals surface area contributed by atoms with Crippen molar-refractivity contribution < 1.29 is 24.2 Å². The summed E-state index contributed by atoms with van der Waals surface area (Å²) in [6.07, 6.45) is 0.814. The maximum absolute atomic E-state index is 11.5. The minimum absolute atomic E-state index is 0.0699. The number of carboxylic acid groups (broad SMARTS) is 1. The smallest absolute Gasteiger partial charge is 0.331 e. The number of hydrogen-bond donors (Lipinski definition) is 2. The van der Waals surface area contributed by atoms with Gasteiger partial charge in [0.2, 0.25) is 5.91 Å². The van der Waals surface area contributed by atoms with Crippen molar-refractivity contribution in [2.45, 2.75) is 32.2 Å². The number of nitrogens with one attached hydrogen (secondary N) is 1. The van der Waals surface area contributed by atoms with Crippen LogP contribution in [0.5, 0.6) is 0 Å². The maximum Gasteiger partial charge on any atom is 0.331 e. The summed E-state index contributed by atoms with van der Waals surface area (Å²) in [7, 11) is 1.39. The third kappa shape index (κ3) is 6.23. The predicted octanol–water partition coefficient (Wildman–Crippen LogP) is 0.409. The fourth-order valence-corrected chi connectivity index (χ4v) is 1.29. The number of aliphatic carboxylic acids is 1. The molecule has 17 heavy (non-hydrogen) atoms. The molecule has 1 amide bonds. The van der Waals surface area contributed by atoms with Crippen molar-refractivity contribution >= 4 is 11.9 Å². The second kappa shape index (κ2) is 8.03. The first-order valence-electron chi connectivity index (χ1n) is 5.57. The van der Waals surface area contributed by atoms with Crippen LogP contribution in [0.25, 0.3) is 0 Å². The molecule has 6 nitrogen and oxygen atoms in total. The van der Waals surface area contributed by atoms with Gasteiger partial charge in [0, 0.05) is 26.7 Å². The monoisotopic (exact) mass is 247 g/mol. The Morgan fingerprint density at radius 1 is 1.41 bits per heavy atom. The molecule has 0 radical (unpaired) electrons. The molecule has 100 valence electrons. The third-order valence-electron chi connectivity index (χ3n) is 2.22. The maximum atomic E-state index is 11.5. The normalized spacial score (nSPS) is 14.1. The minimum atomic E-state index is -1.38. The molecule has 0 heterocycles. The molecule has 0 fully saturated rings. The van der Waals surface area contributed by atoms with Gasteiger partial charge >= 0.3 is 5.97 Å². The Hall–Kier alpha value is -1.14. The van der Waals surface area contributed by atoms with E-state index >= 15 is 0 Å². The molecule has 1 atom stereocenters. The van der Waals surface area contributed by atoms with Crippen molar-refractivity contribution in [1.82, 2.24) is 5.32 Å². The van der Waals surface area contributed by atoms with Gasteiger partial charge in [-0.2, -0.15) is 0 Å². The lowest BCUT2D eigenvalue weighted by molar-refractivity contribution is -0.149. The quantitative estimate of drug-likeness (QED) is 0.576. The van der Waals surface area contributed by atoms with Gasteiger partial charge in [-0.25, -0.2) is 4.79 Å². The molecule has 2 N–H and O–H groups in total. The summed E-state index contributed by atoms with van der Waals surface area (Å²) in [5, 5.41) is 11.5. The lowest BCUT2D eigenvalue weighted by Crippen LogP contribution is -2.55. The molecule has 0 spiro atoms. The highest BCUT2D eigenvalue weighted by molar-refractivity contribution is 5.86. The Labute approximate surface area is 101 Å². The summed E-state index contributed by atoms with van der Waals surface area (Å²) < 4.78 is 9.88. The van der Waals surface area contributed by atoms with Crippen LogP contribution in [0.2, 0.25) is 0 Å². The number of carbonyl (C=O) groups excluding carboxylic acids is 1. The predicted molar refractivity (Wildman–Crippen MR) is 61.8 cm³/mol. The molecule has 0 bridgehead atoms. The molecular weight excluding hydrogens is 226 g/mol. The van der Waals surface area contributed by atoms with E-state index in [0.717, 1.165) is 0 Å². The van der Waals surface area contributed by atoms with Gasteiger partial charge in [-0.15, -0.1) is 0 Å². The van der Waals surface area contributed by atoms with Gasteiger partial charge in [-0.3, -0.25) is 4.79 Å². The topological polar surface area (TPSA) is 84.9 Å². The van der Waals surface area contributed by atoms with Crippen LogP contribution in [0.1, 0.15) is 26.7 Å². The molecule has 0 aromatic carbocycles. The number of carbonyl (C=O) groups is 2. The number of hydrogen-bond acceptors (Lipinski definition) is 4. The number of rotatable bonds is 9. The number of amides is 1. The Kier molecular flexibility index (Phi) is 7.49. The second-order valence-corrected chi connectivity index (χ2v) is 3.92. The van der Waals surface area contributed by atoms with Crippen LogP contribution in [0.4, 0.5) is 0 Å². The van der Waals surface area contributed by atoms with E-state index in [1.165, 1.54) is 14.0 Å². The van der Waals surface area contributed by atoms with Gasteiger partial charge in [0.25, 0.3) is 0 Å². The van der Waals surface area contributed by atoms with E-state index in [2.05, 4.69) is 5.32 Å². The second-order valence-electron chi connectivity index (χ2n) is 3.92. The average Bonchev–Trinajstić information content (AvgIpc) is 2.24. The Balaban J connectivity index is 4.09. The van der Waals surface area contributed by atoms with Crippen molar-refractivity contribution in [3.05, 3.63) is 0 Å². The molecule has 0 saturated carbocycles. The number of ether oxygens (including phenoxy) is 2. The summed E-state index contributed by atoms with van der Waals surface area (Å²) in [5.74, 6) is -1.43. The zero-order chi connectivity index (χ0) is 13.3. The summed E-state index contributed by atoms with van der Waals surface area (Å²) in [5.41, 5.74) is -1.38. The Morgan fingerprint density at radius 3 is 2.53 bits per heavy atom. The van der Waals surface area contributed by atoms with Crippen LogP contribution in [0.15, 0.2) is 0 Å². The number of carboxylic acids is 1. The van der Waals surface area contributed by atoms with Crippen LogP contribution in [0.3, 0.4) is 0 Å². The van der Waals surface area contributed by atoms with Crippen molar-refractivity contribution in [2.24, 2.45) is 0 Å². The molecule has 1 unspecified atom stereocenters. The van der Waals surface area contributed by atoms with Gasteiger partial charge in [0.05, 0.1) is 6.61 Å². The highest BCUT2D eigenvalue weighted by Gasteiger charge is 2.34. The fraction of sp³-hybridized carbons (Fsp3) is 0.818. The van der Waals surface area contributed by atoms with Crippen LogP contribution >= 0.6 is 0 Å². The lowest BCUT2D eigenvalue weighted by atomic mass is 10.0. The summed E-state index contributed by atoms with van der Waals surface area (Å²) in [4.78, 5) is 22.5. The van der Waals surface area contributed by atoms with Gasteiger partial charge in [-0.1, -0.05) is 0 Å². The average molecular weight is 247 g/mol. The van der Waals surface area contributed by atoms with Crippen LogP contribution in [-0.2, 0) is 19.1 Å². The van der Waals surface area contributed by atoms with Gasteiger partial charge in [0.15, 0.2) is 5.54 Å². The molecule has 0 aromatic rings. The van der Waals surface area contributed by atoms with E-state index in [1.54, 1.807) is 0 Å². The third-order valence-corrected chi connectivity index (χ3v) is 2.22. The van der Waals surface area contributed by atoms with E-state index in [0.29, 0.717) is 19.6 Å². The molecule has 0 aliphatic rings. The summed E-state index contributed by atoms with van der Waals surface area (Å²) >= 11 is 0. The largest absolute Gasteiger partial charge is 0.479 e. The van der Waals surface area contributed by atoms with E-state index in [4.69, 9.17) is 14.6 Å². The van der Waals surface area contributed by atoms with Crippen molar-refractivity contribution in [2.75, 3.05) is 26.9 Å². The van der Waals surface area contributed by atoms with E-state index < -0.39 is 11.5 Å². The molecule has 0 aliphatic carbocycles. The van der Waals surface area contributed by atoms with E-state index in [1.807, 2.05) is 6.92 Å². The van der Waals surface area contributed by atoms with E-state index in [9.17, 15) is 9.59 Å². The van der Waals surface area contributed by atoms with Crippen LogP contribution in [0, 0.1) is 0 Å². The molecule has 0 saturated heterocycles. The molecule has 6 heteroatoms. The SMILES string of the molecule is CCOCCCC(=O)NC(C)(COC)C(=O)O. The fourth-order valence-electron chi connectivity index (χ4n) is 1.29. The first kappa shape index (κ1) is 15.9. The van der Waals surface area contributed by atoms with Crippen molar-refractivity contribution in [3.63, 3.8) is 0 Å². The highest BCUT2D eigenvalue weighted by atomic mass is 16.5. The molecule has 0 aromatic heterocycles. The van der Waals surface area contributed by atoms with E-state index in [-0.39, 0.29) is 18.9 Å². The Bertz CT molecular complexity index is 256. The zero-order valence-electron chi connectivity index (χ0n) is 10.6. The van der Waals surface area contributed by atoms with Gasteiger partial charge in [-0.05, 0) is 20.3 Å². The summed E-state index contributed by atoms with van der Waals surface area (Å²) in [6, 6.07) is 0. The van der Waals surface area contributed by atoms with Crippen molar-refractivity contribution in [3.8, 4) is 0 Å². The first-order chi connectivity index (χ1) is 7.96. The minimum Gasteiger partial charge on any atom is -0.479 e. The molecule has 0 aliphatic heterocycles. The standard InChI is InChI=1S/C11H21NO5/c1-4-17-7-5-6-9(13)12-11(2,8-16-3)10(14)15/h4-8H2,1-3H3,(H,12,13)(H,14,15). The number of methoxy groups -OCH3 is 1. The van der Waals surface area contributed by atoms with Crippen LogP contribution < -0.4 is 5.32 Å². The Morgan fingerprint density at radius 2 is 2.06 bits per heavy atom. The molecular formula is C11H21NO5. The van der Waals surface area contributed by atoms with Crippen LogP contribution in [-0.4, -0.2) is 49.5 Å². The zero-order valence-corrected chi connectivity index (χ0v) is 10.6. The summed E-state index contributed by atoms with van der Waals surface area (Å²) in [6.45, 7) is 4.33.